The SMILES string of the molecule is CC(C)=CCc1c(O)cc(O)c(C=O)c1C(=O)c1c(O)cc(C)cc1O. The molecule has 0 aliphatic rings. The number of carbonyl (C=O) groups is 2. The molecule has 0 atom stereocenters. The molecule has 0 saturated heterocycles. The number of ketones is 1. The normalized spacial score (nSPS) is 10.4. The van der Waals surface area contributed by atoms with Crippen LogP contribution < -0.4 is 0 Å². The molecule has 2 aromatic rings. The Bertz CT molecular complexity index is 897. The first-order valence-corrected chi connectivity index (χ1v) is 7.91. The van der Waals surface area contributed by atoms with Gasteiger partial charge in [0.2, 0.25) is 5.78 Å². The third kappa shape index (κ3) is 3.54. The molecule has 26 heavy (non-hydrogen) atoms. The summed E-state index contributed by atoms with van der Waals surface area (Å²) >= 11 is 0. The Kier molecular flexibility index (Phi) is 5.35. The van der Waals surface area contributed by atoms with Crippen molar-refractivity contribution in [3.05, 3.63) is 57.7 Å². The van der Waals surface area contributed by atoms with Gasteiger partial charge in [0.1, 0.15) is 28.6 Å². The van der Waals surface area contributed by atoms with E-state index in [9.17, 15) is 30.0 Å². The summed E-state index contributed by atoms with van der Waals surface area (Å²) < 4.78 is 0. The fourth-order valence-electron chi connectivity index (χ4n) is 2.71. The Hall–Kier alpha value is -3.28. The Balaban J connectivity index is 2.80. The molecule has 136 valence electrons. The van der Waals surface area contributed by atoms with E-state index in [1.807, 2.05) is 13.8 Å². The Morgan fingerprint density at radius 3 is 2.00 bits per heavy atom. The number of aryl methyl sites for hydroxylation is 1. The summed E-state index contributed by atoms with van der Waals surface area (Å²) in [5.41, 5.74) is 0.603. The predicted octanol–water partition coefficient (Wildman–Crippen LogP) is 3.37. The van der Waals surface area contributed by atoms with Crippen molar-refractivity contribution in [2.45, 2.75) is 27.2 Å². The molecule has 0 aromatic heterocycles. The van der Waals surface area contributed by atoms with Crippen molar-refractivity contribution in [1.29, 1.82) is 0 Å². The zero-order valence-corrected chi connectivity index (χ0v) is 14.7. The van der Waals surface area contributed by atoms with Gasteiger partial charge in [-0.15, -0.1) is 0 Å². The summed E-state index contributed by atoms with van der Waals surface area (Å²) in [4.78, 5) is 24.5. The number of hydrogen-bond acceptors (Lipinski definition) is 6. The molecule has 0 bridgehead atoms. The minimum Gasteiger partial charge on any atom is -0.507 e. The summed E-state index contributed by atoms with van der Waals surface area (Å²) in [6.07, 6.45) is 2.17. The van der Waals surface area contributed by atoms with Crippen LogP contribution in [0.3, 0.4) is 0 Å². The van der Waals surface area contributed by atoms with Crippen LogP contribution in [-0.2, 0) is 6.42 Å². The molecule has 0 saturated carbocycles. The van der Waals surface area contributed by atoms with Crippen LogP contribution in [0.25, 0.3) is 0 Å². The Morgan fingerprint density at radius 1 is 0.923 bits per heavy atom. The fraction of sp³-hybridized carbons (Fsp3) is 0.200. The van der Waals surface area contributed by atoms with Crippen LogP contribution in [0.2, 0.25) is 0 Å². The second-order valence-corrected chi connectivity index (χ2v) is 6.29. The quantitative estimate of drug-likeness (QED) is 0.371. The average Bonchev–Trinajstić information content (AvgIpc) is 2.51. The van der Waals surface area contributed by atoms with Gasteiger partial charge in [-0.2, -0.15) is 0 Å². The number of benzene rings is 2. The van der Waals surface area contributed by atoms with Crippen LogP contribution in [0.1, 0.15) is 51.3 Å². The van der Waals surface area contributed by atoms with Crippen LogP contribution in [-0.4, -0.2) is 32.5 Å². The summed E-state index contributed by atoms with van der Waals surface area (Å²) in [5, 5.41) is 40.4. The third-order valence-electron chi connectivity index (χ3n) is 3.96. The smallest absolute Gasteiger partial charge is 0.201 e. The standard InChI is InChI=1S/C20H20O6/c1-10(2)4-5-12-14(22)8-15(23)13(9-21)18(12)20(26)19-16(24)6-11(3)7-17(19)25/h4,6-9,22-25H,5H2,1-3H3. The number of carbonyl (C=O) groups excluding carboxylic acids is 2. The molecule has 6 heteroatoms. The van der Waals surface area contributed by atoms with Crippen molar-refractivity contribution in [2.24, 2.45) is 0 Å². The van der Waals surface area contributed by atoms with E-state index in [4.69, 9.17) is 0 Å². The molecule has 2 aromatic carbocycles. The van der Waals surface area contributed by atoms with E-state index in [1.54, 1.807) is 13.0 Å². The maximum Gasteiger partial charge on any atom is 0.201 e. The maximum absolute atomic E-state index is 13.0. The predicted molar refractivity (Wildman–Crippen MR) is 96.2 cm³/mol. The molecule has 0 radical (unpaired) electrons. The number of aromatic hydroxyl groups is 4. The number of rotatable bonds is 5. The largest absolute Gasteiger partial charge is 0.507 e. The van der Waals surface area contributed by atoms with Crippen molar-refractivity contribution in [1.82, 2.24) is 0 Å². The highest BCUT2D eigenvalue weighted by molar-refractivity contribution is 6.17. The molecule has 0 heterocycles. The fourth-order valence-corrected chi connectivity index (χ4v) is 2.71. The van der Waals surface area contributed by atoms with E-state index < -0.39 is 28.6 Å². The molecule has 6 nitrogen and oxygen atoms in total. The molecule has 0 aliphatic carbocycles. The molecule has 4 N–H and O–H groups in total. The summed E-state index contributed by atoms with van der Waals surface area (Å²) in [6.45, 7) is 5.29. The highest BCUT2D eigenvalue weighted by Gasteiger charge is 2.27. The van der Waals surface area contributed by atoms with Crippen molar-refractivity contribution in [3.63, 3.8) is 0 Å². The minimum atomic E-state index is -0.870. The second-order valence-electron chi connectivity index (χ2n) is 6.29. The number of phenols is 4. The second kappa shape index (κ2) is 7.31. The van der Waals surface area contributed by atoms with E-state index in [0.717, 1.165) is 11.6 Å². The van der Waals surface area contributed by atoms with Crippen molar-refractivity contribution in [3.8, 4) is 23.0 Å². The lowest BCUT2D eigenvalue weighted by molar-refractivity contribution is 0.102. The first-order chi connectivity index (χ1) is 12.2. The van der Waals surface area contributed by atoms with E-state index in [0.29, 0.717) is 11.8 Å². The molecule has 0 aliphatic heterocycles. The topological polar surface area (TPSA) is 115 Å². The van der Waals surface area contributed by atoms with E-state index in [-0.39, 0.29) is 28.9 Å². The molecule has 0 amide bonds. The molecule has 0 unspecified atom stereocenters. The lowest BCUT2D eigenvalue weighted by Gasteiger charge is -2.15. The Labute approximate surface area is 150 Å². The molecule has 0 spiro atoms. The number of hydrogen-bond donors (Lipinski definition) is 4. The number of allylic oxidation sites excluding steroid dienone is 2. The highest BCUT2D eigenvalue weighted by atomic mass is 16.3. The molecular weight excluding hydrogens is 336 g/mol. The van der Waals surface area contributed by atoms with Crippen LogP contribution in [0.4, 0.5) is 0 Å². The van der Waals surface area contributed by atoms with E-state index in [2.05, 4.69) is 0 Å². The van der Waals surface area contributed by atoms with Gasteiger partial charge in [-0.3, -0.25) is 9.59 Å². The molecule has 0 fully saturated rings. The van der Waals surface area contributed by atoms with Gasteiger partial charge in [-0.1, -0.05) is 11.6 Å². The third-order valence-corrected chi connectivity index (χ3v) is 3.96. The first-order valence-electron chi connectivity index (χ1n) is 7.91. The van der Waals surface area contributed by atoms with E-state index in [1.165, 1.54) is 12.1 Å². The zero-order valence-electron chi connectivity index (χ0n) is 14.7. The number of aldehydes is 1. The average molecular weight is 356 g/mol. The first kappa shape index (κ1) is 19.1. The lowest BCUT2D eigenvalue weighted by Crippen LogP contribution is -2.11. The van der Waals surface area contributed by atoms with Gasteiger partial charge in [0.05, 0.1) is 5.56 Å². The van der Waals surface area contributed by atoms with Crippen molar-refractivity contribution < 1.29 is 30.0 Å². The summed E-state index contributed by atoms with van der Waals surface area (Å²) in [6, 6.07) is 3.58. The monoisotopic (exact) mass is 356 g/mol. The molecular formula is C20H20O6. The van der Waals surface area contributed by atoms with Crippen molar-refractivity contribution >= 4 is 12.1 Å². The van der Waals surface area contributed by atoms with E-state index >= 15 is 0 Å². The summed E-state index contributed by atoms with van der Waals surface area (Å²) in [7, 11) is 0. The van der Waals surface area contributed by atoms with Crippen molar-refractivity contribution in [2.75, 3.05) is 0 Å². The highest BCUT2D eigenvalue weighted by Crippen LogP contribution is 2.37. The van der Waals surface area contributed by atoms with Crippen LogP contribution in [0.15, 0.2) is 29.8 Å². The van der Waals surface area contributed by atoms with Gasteiger partial charge in [0.25, 0.3) is 0 Å². The van der Waals surface area contributed by atoms with Crippen LogP contribution in [0.5, 0.6) is 23.0 Å². The molecule has 2 rings (SSSR count). The Morgan fingerprint density at radius 2 is 1.50 bits per heavy atom. The maximum atomic E-state index is 13.0. The minimum absolute atomic E-state index is 0.121. The van der Waals surface area contributed by atoms with Gasteiger partial charge in [0, 0.05) is 17.2 Å². The van der Waals surface area contributed by atoms with Gasteiger partial charge < -0.3 is 20.4 Å². The lowest BCUT2D eigenvalue weighted by atomic mass is 9.89. The zero-order chi connectivity index (χ0) is 19.6. The van der Waals surface area contributed by atoms with Gasteiger partial charge in [-0.25, -0.2) is 0 Å². The van der Waals surface area contributed by atoms with Crippen LogP contribution in [0, 0.1) is 6.92 Å². The van der Waals surface area contributed by atoms with Gasteiger partial charge in [0.15, 0.2) is 6.29 Å². The number of phenolic OH excluding ortho intramolecular Hbond substituents is 4. The summed E-state index contributed by atoms with van der Waals surface area (Å²) in [5.74, 6) is -2.71. The van der Waals surface area contributed by atoms with Crippen LogP contribution >= 0.6 is 0 Å². The van der Waals surface area contributed by atoms with Gasteiger partial charge in [-0.05, 0) is 44.9 Å². The van der Waals surface area contributed by atoms with Gasteiger partial charge >= 0.3 is 0 Å².